The minimum atomic E-state index is -4.79. The molecule has 6 nitrogen and oxygen atoms in total. The van der Waals surface area contributed by atoms with E-state index in [-0.39, 0.29) is 11.5 Å². The van der Waals surface area contributed by atoms with Crippen LogP contribution in [0.4, 0.5) is 19.0 Å². The molecule has 0 atom stereocenters. The van der Waals surface area contributed by atoms with Gasteiger partial charge in [0, 0.05) is 19.3 Å². The molecule has 0 saturated carbocycles. The molecule has 0 aromatic carbocycles. The first-order chi connectivity index (χ1) is 10.8. The van der Waals surface area contributed by atoms with Crippen molar-refractivity contribution in [2.45, 2.75) is 19.0 Å². The summed E-state index contributed by atoms with van der Waals surface area (Å²) in [6.45, 7) is 1.18. The topological polar surface area (TPSA) is 86.3 Å². The standard InChI is InChI=1S/C14H12F3N3O3/c15-14(16,17)8-5-9(20-3-1-2-4-20)19-12-10(8)11(21)7(6-18-12)13(22)23/h5-6H,1-4H2,(H,22,23)(H,18,19,21). The molecule has 0 spiro atoms. The zero-order chi connectivity index (χ0) is 16.8. The van der Waals surface area contributed by atoms with E-state index >= 15 is 0 Å². The van der Waals surface area contributed by atoms with Crippen molar-refractivity contribution in [2.24, 2.45) is 0 Å². The molecule has 9 heteroatoms. The van der Waals surface area contributed by atoms with Crippen molar-refractivity contribution in [2.75, 3.05) is 18.0 Å². The molecule has 1 saturated heterocycles. The van der Waals surface area contributed by atoms with Crippen LogP contribution in [0.3, 0.4) is 0 Å². The number of pyridine rings is 2. The molecule has 3 rings (SSSR count). The van der Waals surface area contributed by atoms with Gasteiger partial charge in [0.05, 0.1) is 10.9 Å². The van der Waals surface area contributed by atoms with Crippen molar-refractivity contribution in [1.29, 1.82) is 0 Å². The third-order valence-electron chi connectivity index (χ3n) is 3.80. The number of anilines is 1. The Morgan fingerprint density at radius 3 is 2.52 bits per heavy atom. The summed E-state index contributed by atoms with van der Waals surface area (Å²) in [7, 11) is 0. The van der Waals surface area contributed by atoms with E-state index in [1.165, 1.54) is 0 Å². The molecule has 0 unspecified atom stereocenters. The zero-order valence-corrected chi connectivity index (χ0v) is 11.8. The number of nitrogens with one attached hydrogen (secondary N) is 1. The highest BCUT2D eigenvalue weighted by Gasteiger charge is 2.36. The monoisotopic (exact) mass is 327 g/mol. The van der Waals surface area contributed by atoms with Crippen LogP contribution in [0.5, 0.6) is 0 Å². The fraction of sp³-hybridized carbons (Fsp3) is 0.357. The Labute approximate surface area is 127 Å². The summed E-state index contributed by atoms with van der Waals surface area (Å²) in [6.07, 6.45) is -2.21. The van der Waals surface area contributed by atoms with Gasteiger partial charge < -0.3 is 15.0 Å². The van der Waals surface area contributed by atoms with E-state index in [2.05, 4.69) is 9.97 Å². The molecule has 1 aliphatic rings. The molecule has 2 aromatic heterocycles. The number of H-pyrrole nitrogens is 1. The Bertz CT molecular complexity index is 839. The average Bonchev–Trinajstić information content (AvgIpc) is 2.99. The predicted molar refractivity (Wildman–Crippen MR) is 75.8 cm³/mol. The Kier molecular flexibility index (Phi) is 3.50. The number of aromatic nitrogens is 2. The van der Waals surface area contributed by atoms with Crippen LogP contribution in [0.1, 0.15) is 28.8 Å². The van der Waals surface area contributed by atoms with Gasteiger partial charge in [-0.25, -0.2) is 9.78 Å². The largest absolute Gasteiger partial charge is 0.477 e. The summed E-state index contributed by atoms with van der Waals surface area (Å²) < 4.78 is 40.1. The lowest BCUT2D eigenvalue weighted by atomic mass is 10.1. The van der Waals surface area contributed by atoms with E-state index < -0.39 is 34.1 Å². The second-order valence-electron chi connectivity index (χ2n) is 5.28. The number of halogens is 3. The number of rotatable bonds is 2. The Morgan fingerprint density at radius 1 is 1.30 bits per heavy atom. The third-order valence-corrected chi connectivity index (χ3v) is 3.80. The first-order valence-electron chi connectivity index (χ1n) is 6.91. The molecular weight excluding hydrogens is 315 g/mol. The molecule has 0 bridgehead atoms. The number of hydrogen-bond acceptors (Lipinski definition) is 4. The first kappa shape index (κ1) is 15.3. The van der Waals surface area contributed by atoms with Crippen molar-refractivity contribution >= 4 is 22.8 Å². The molecule has 1 fully saturated rings. The van der Waals surface area contributed by atoms with Gasteiger partial charge in [0.15, 0.2) is 0 Å². The van der Waals surface area contributed by atoms with Crippen LogP contribution in [0, 0.1) is 0 Å². The van der Waals surface area contributed by atoms with E-state index in [0.717, 1.165) is 25.1 Å². The minimum Gasteiger partial charge on any atom is -0.477 e. The molecule has 0 amide bonds. The molecule has 2 N–H and O–H groups in total. The molecule has 2 aromatic rings. The first-order valence-corrected chi connectivity index (χ1v) is 6.91. The van der Waals surface area contributed by atoms with E-state index in [4.69, 9.17) is 5.11 Å². The number of carbonyl (C=O) groups is 1. The van der Waals surface area contributed by atoms with E-state index in [1.54, 1.807) is 4.90 Å². The number of fused-ring (bicyclic) bond motifs is 1. The highest BCUT2D eigenvalue weighted by Crippen LogP contribution is 2.35. The number of aromatic amines is 1. The summed E-state index contributed by atoms with van der Waals surface area (Å²) >= 11 is 0. The SMILES string of the molecule is O=C(O)c1c[nH]c2nc(N3CCCC3)cc(C(F)(F)F)c2c1=O. The Balaban J connectivity index is 2.33. The van der Waals surface area contributed by atoms with Gasteiger partial charge in [-0.3, -0.25) is 4.79 Å². The molecule has 3 heterocycles. The lowest BCUT2D eigenvalue weighted by Gasteiger charge is -2.19. The van der Waals surface area contributed by atoms with E-state index in [9.17, 15) is 22.8 Å². The van der Waals surface area contributed by atoms with Crippen LogP contribution in [-0.2, 0) is 6.18 Å². The van der Waals surface area contributed by atoms with Crippen molar-refractivity contribution in [3.05, 3.63) is 33.6 Å². The number of aromatic carboxylic acids is 1. The van der Waals surface area contributed by atoms with Gasteiger partial charge in [-0.15, -0.1) is 0 Å². The van der Waals surface area contributed by atoms with E-state index in [0.29, 0.717) is 13.1 Å². The number of carboxylic acid groups (broad SMARTS) is 1. The van der Waals surface area contributed by atoms with E-state index in [1.807, 2.05) is 0 Å². The average molecular weight is 327 g/mol. The summed E-state index contributed by atoms with van der Waals surface area (Å²) in [5.41, 5.74) is -3.39. The van der Waals surface area contributed by atoms with Gasteiger partial charge in [-0.2, -0.15) is 13.2 Å². The number of carboxylic acids is 1. The van der Waals surface area contributed by atoms with Gasteiger partial charge in [0.2, 0.25) is 5.43 Å². The number of nitrogens with zero attached hydrogens (tertiary/aromatic N) is 2. The van der Waals surface area contributed by atoms with Crippen LogP contribution in [0.15, 0.2) is 17.1 Å². The fourth-order valence-corrected chi connectivity index (χ4v) is 2.70. The number of hydrogen-bond donors (Lipinski definition) is 2. The maximum atomic E-state index is 13.4. The van der Waals surface area contributed by atoms with Crippen LogP contribution >= 0.6 is 0 Å². The normalized spacial score (nSPS) is 15.3. The zero-order valence-electron chi connectivity index (χ0n) is 11.8. The quantitative estimate of drug-likeness (QED) is 0.883. The van der Waals surface area contributed by atoms with Gasteiger partial charge in [0.1, 0.15) is 17.0 Å². The fourth-order valence-electron chi connectivity index (χ4n) is 2.70. The Morgan fingerprint density at radius 2 is 1.96 bits per heavy atom. The summed E-state index contributed by atoms with van der Waals surface area (Å²) in [4.78, 5) is 31.3. The maximum Gasteiger partial charge on any atom is 0.417 e. The van der Waals surface area contributed by atoms with Crippen LogP contribution < -0.4 is 10.3 Å². The molecule has 23 heavy (non-hydrogen) atoms. The number of alkyl halides is 3. The van der Waals surface area contributed by atoms with Gasteiger partial charge in [-0.05, 0) is 18.9 Å². The lowest BCUT2D eigenvalue weighted by molar-refractivity contribution is -0.136. The second kappa shape index (κ2) is 5.25. The van der Waals surface area contributed by atoms with Gasteiger partial charge >= 0.3 is 12.1 Å². The summed E-state index contributed by atoms with van der Waals surface area (Å²) in [5.74, 6) is -1.47. The smallest absolute Gasteiger partial charge is 0.417 e. The van der Waals surface area contributed by atoms with Crippen molar-refractivity contribution in [1.82, 2.24) is 9.97 Å². The van der Waals surface area contributed by atoms with Gasteiger partial charge in [-0.1, -0.05) is 0 Å². The molecule has 122 valence electrons. The molecule has 0 aliphatic carbocycles. The Hall–Kier alpha value is -2.58. The minimum absolute atomic E-state index is 0.126. The summed E-state index contributed by atoms with van der Waals surface area (Å²) in [6, 6.07) is 0.814. The van der Waals surface area contributed by atoms with Crippen molar-refractivity contribution < 1.29 is 23.1 Å². The van der Waals surface area contributed by atoms with Crippen LogP contribution in [0.25, 0.3) is 11.0 Å². The predicted octanol–water partition coefficient (Wildman–Crippen LogP) is 2.24. The van der Waals surface area contributed by atoms with Crippen molar-refractivity contribution in [3.8, 4) is 0 Å². The molecule has 0 radical (unpaired) electrons. The third kappa shape index (κ3) is 2.62. The van der Waals surface area contributed by atoms with Crippen LogP contribution in [0.2, 0.25) is 0 Å². The van der Waals surface area contributed by atoms with Gasteiger partial charge in [0.25, 0.3) is 0 Å². The maximum absolute atomic E-state index is 13.4. The lowest BCUT2D eigenvalue weighted by Crippen LogP contribution is -2.23. The van der Waals surface area contributed by atoms with Crippen molar-refractivity contribution in [3.63, 3.8) is 0 Å². The second-order valence-corrected chi connectivity index (χ2v) is 5.28. The highest BCUT2D eigenvalue weighted by molar-refractivity contribution is 5.93. The molecular formula is C14H12F3N3O3. The van der Waals surface area contributed by atoms with Crippen LogP contribution in [-0.4, -0.2) is 34.1 Å². The highest BCUT2D eigenvalue weighted by atomic mass is 19.4. The summed E-state index contributed by atoms with van der Waals surface area (Å²) in [5, 5.41) is 8.17. The molecule has 1 aliphatic heterocycles.